The third-order valence-electron chi connectivity index (χ3n) is 5.67. The van der Waals surface area contributed by atoms with Crippen molar-refractivity contribution in [3.05, 3.63) is 82.4 Å². The van der Waals surface area contributed by atoms with Crippen LogP contribution in [0.5, 0.6) is 0 Å². The summed E-state index contributed by atoms with van der Waals surface area (Å²) in [5.41, 5.74) is 7.26. The van der Waals surface area contributed by atoms with Gasteiger partial charge in [0.05, 0.1) is 18.5 Å². The molecule has 3 aromatic rings. The van der Waals surface area contributed by atoms with Gasteiger partial charge in [-0.1, -0.05) is 30.3 Å². The van der Waals surface area contributed by atoms with Crippen LogP contribution in [0.2, 0.25) is 0 Å². The lowest BCUT2D eigenvalue weighted by Crippen LogP contribution is -2.38. The van der Waals surface area contributed by atoms with Gasteiger partial charge in [-0.15, -0.1) is 0 Å². The van der Waals surface area contributed by atoms with E-state index >= 15 is 0 Å². The van der Waals surface area contributed by atoms with Crippen molar-refractivity contribution in [1.29, 1.82) is 0 Å². The molecule has 1 unspecified atom stereocenters. The third kappa shape index (κ3) is 4.16. The minimum absolute atomic E-state index is 0.0162. The van der Waals surface area contributed by atoms with Gasteiger partial charge < -0.3 is 4.74 Å². The molecule has 5 nitrogen and oxygen atoms in total. The average Bonchev–Trinajstić information content (AvgIpc) is 3.02. The van der Waals surface area contributed by atoms with E-state index in [2.05, 4.69) is 66.3 Å². The van der Waals surface area contributed by atoms with Crippen LogP contribution in [-0.4, -0.2) is 39.4 Å². The fourth-order valence-corrected chi connectivity index (χ4v) is 3.74. The number of rotatable bonds is 5. The van der Waals surface area contributed by atoms with Gasteiger partial charge in [0.1, 0.15) is 6.10 Å². The Labute approximate surface area is 167 Å². The van der Waals surface area contributed by atoms with Crippen LogP contribution in [0.4, 0.5) is 0 Å². The molecule has 2 aromatic heterocycles. The molecule has 1 atom stereocenters. The van der Waals surface area contributed by atoms with Crippen molar-refractivity contribution in [2.24, 2.45) is 7.05 Å². The maximum Gasteiger partial charge on any atom is 0.112 e. The molecule has 0 radical (unpaired) electrons. The quantitative estimate of drug-likeness (QED) is 0.682. The molecule has 1 aliphatic heterocycles. The second-order valence-electron chi connectivity index (χ2n) is 7.63. The van der Waals surface area contributed by atoms with E-state index in [1.165, 1.54) is 22.4 Å². The van der Waals surface area contributed by atoms with Crippen molar-refractivity contribution in [2.75, 3.05) is 19.7 Å². The predicted octanol–water partition coefficient (Wildman–Crippen LogP) is 3.60. The molecule has 1 saturated heterocycles. The summed E-state index contributed by atoms with van der Waals surface area (Å²) in [4.78, 5) is 7.37. The number of benzene rings is 1. The topological polar surface area (TPSA) is 43.2 Å². The van der Waals surface area contributed by atoms with Gasteiger partial charge in [-0.25, -0.2) is 0 Å². The Morgan fingerprint density at radius 2 is 1.93 bits per heavy atom. The van der Waals surface area contributed by atoms with Gasteiger partial charge in [-0.2, -0.15) is 5.10 Å². The van der Waals surface area contributed by atoms with Gasteiger partial charge in [-0.3, -0.25) is 14.6 Å². The fraction of sp³-hybridized carbons (Fsp3) is 0.391. The number of hydrogen-bond donors (Lipinski definition) is 0. The highest BCUT2D eigenvalue weighted by molar-refractivity contribution is 5.30. The van der Waals surface area contributed by atoms with Crippen LogP contribution >= 0.6 is 0 Å². The zero-order chi connectivity index (χ0) is 19.5. The van der Waals surface area contributed by atoms with Gasteiger partial charge in [0.25, 0.3) is 0 Å². The molecular formula is C23H28N4O. The van der Waals surface area contributed by atoms with Crippen LogP contribution in [0, 0.1) is 13.8 Å². The molecule has 0 bridgehead atoms. The van der Waals surface area contributed by atoms with Crippen molar-refractivity contribution < 1.29 is 4.74 Å². The first kappa shape index (κ1) is 18.8. The summed E-state index contributed by atoms with van der Waals surface area (Å²) in [5.74, 6) is 0. The maximum absolute atomic E-state index is 6.07. The Balaban J connectivity index is 1.46. The highest BCUT2D eigenvalue weighted by Crippen LogP contribution is 2.23. The summed E-state index contributed by atoms with van der Waals surface area (Å²) >= 11 is 0. The van der Waals surface area contributed by atoms with Crippen molar-refractivity contribution in [1.82, 2.24) is 19.7 Å². The van der Waals surface area contributed by atoms with Gasteiger partial charge >= 0.3 is 0 Å². The molecule has 5 heteroatoms. The predicted molar refractivity (Wildman–Crippen MR) is 110 cm³/mol. The molecule has 28 heavy (non-hydrogen) atoms. The molecule has 1 aliphatic rings. The average molecular weight is 377 g/mol. The van der Waals surface area contributed by atoms with E-state index in [1.54, 1.807) is 0 Å². The number of aryl methyl sites for hydroxylation is 2. The lowest BCUT2D eigenvalue weighted by atomic mass is 10.0. The van der Waals surface area contributed by atoms with Gasteiger partial charge in [0.2, 0.25) is 0 Å². The molecule has 0 aliphatic carbocycles. The molecule has 0 N–H and O–H groups in total. The second kappa shape index (κ2) is 8.25. The number of hydrogen-bond acceptors (Lipinski definition) is 4. The zero-order valence-corrected chi connectivity index (χ0v) is 16.9. The van der Waals surface area contributed by atoms with Crippen LogP contribution in [0.1, 0.15) is 39.9 Å². The SMILES string of the molecule is Cc1ccccc1Cc1cccc(C2CN(Cc3cnn(C)c3C)CCO2)n1. The smallest absolute Gasteiger partial charge is 0.112 e. The minimum Gasteiger partial charge on any atom is -0.369 e. The molecule has 146 valence electrons. The molecule has 4 rings (SSSR count). The fourth-order valence-electron chi connectivity index (χ4n) is 3.74. The zero-order valence-electron chi connectivity index (χ0n) is 16.9. The van der Waals surface area contributed by atoms with E-state index in [1.807, 2.05) is 17.9 Å². The first-order valence-corrected chi connectivity index (χ1v) is 9.92. The highest BCUT2D eigenvalue weighted by Gasteiger charge is 2.24. The molecular weight excluding hydrogens is 348 g/mol. The lowest BCUT2D eigenvalue weighted by molar-refractivity contribution is -0.0351. The number of morpholine rings is 1. The number of nitrogens with zero attached hydrogens (tertiary/aromatic N) is 4. The van der Waals surface area contributed by atoms with Gasteiger partial charge in [0, 0.05) is 50.1 Å². The van der Waals surface area contributed by atoms with Crippen molar-refractivity contribution >= 4 is 0 Å². The van der Waals surface area contributed by atoms with Crippen LogP contribution in [-0.2, 0) is 24.8 Å². The molecule has 0 spiro atoms. The Kier molecular flexibility index (Phi) is 5.55. The van der Waals surface area contributed by atoms with Crippen LogP contribution in [0.25, 0.3) is 0 Å². The molecule has 3 heterocycles. The highest BCUT2D eigenvalue weighted by atomic mass is 16.5. The summed E-state index contributed by atoms with van der Waals surface area (Å²) in [5, 5.41) is 4.36. The summed E-state index contributed by atoms with van der Waals surface area (Å²) in [6.45, 7) is 7.71. The summed E-state index contributed by atoms with van der Waals surface area (Å²) in [6.07, 6.45) is 2.84. The third-order valence-corrected chi connectivity index (χ3v) is 5.67. The van der Waals surface area contributed by atoms with E-state index in [4.69, 9.17) is 9.72 Å². The van der Waals surface area contributed by atoms with E-state index in [0.717, 1.165) is 44.0 Å². The molecule has 0 saturated carbocycles. The minimum atomic E-state index is 0.0162. The number of aromatic nitrogens is 3. The molecule has 1 aromatic carbocycles. The van der Waals surface area contributed by atoms with E-state index < -0.39 is 0 Å². The van der Waals surface area contributed by atoms with Crippen molar-refractivity contribution in [3.8, 4) is 0 Å². The Morgan fingerprint density at radius 1 is 1.07 bits per heavy atom. The van der Waals surface area contributed by atoms with Crippen LogP contribution in [0.15, 0.2) is 48.7 Å². The monoisotopic (exact) mass is 376 g/mol. The van der Waals surface area contributed by atoms with E-state index in [-0.39, 0.29) is 6.10 Å². The first-order chi connectivity index (χ1) is 13.6. The Morgan fingerprint density at radius 3 is 2.71 bits per heavy atom. The van der Waals surface area contributed by atoms with Crippen molar-refractivity contribution in [2.45, 2.75) is 32.9 Å². The summed E-state index contributed by atoms with van der Waals surface area (Å²) < 4.78 is 8.01. The van der Waals surface area contributed by atoms with Gasteiger partial charge in [-0.05, 0) is 37.1 Å². The summed E-state index contributed by atoms with van der Waals surface area (Å²) in [6, 6.07) is 14.8. The normalized spacial score (nSPS) is 17.8. The first-order valence-electron chi connectivity index (χ1n) is 9.92. The van der Waals surface area contributed by atoms with E-state index in [0.29, 0.717) is 0 Å². The Hall–Kier alpha value is -2.50. The van der Waals surface area contributed by atoms with Gasteiger partial charge in [0.15, 0.2) is 0 Å². The second-order valence-corrected chi connectivity index (χ2v) is 7.63. The lowest BCUT2D eigenvalue weighted by Gasteiger charge is -2.32. The van der Waals surface area contributed by atoms with Crippen LogP contribution in [0.3, 0.4) is 0 Å². The molecule has 0 amide bonds. The standard InChI is InChI=1S/C23H28N4O/c1-17-7-4-5-8-19(17)13-21-9-6-10-22(25-21)23-16-27(11-12-28-23)15-20-14-24-26(3)18(20)2/h4-10,14,23H,11-13,15-16H2,1-3H3. The largest absolute Gasteiger partial charge is 0.369 e. The van der Waals surface area contributed by atoms with Crippen molar-refractivity contribution in [3.63, 3.8) is 0 Å². The Bertz CT molecular complexity index is 949. The molecule has 1 fully saturated rings. The van der Waals surface area contributed by atoms with Crippen LogP contribution < -0.4 is 0 Å². The number of ether oxygens (including phenoxy) is 1. The number of pyridine rings is 1. The van der Waals surface area contributed by atoms with E-state index in [9.17, 15) is 0 Å². The summed E-state index contributed by atoms with van der Waals surface area (Å²) in [7, 11) is 1.99. The maximum atomic E-state index is 6.07.